The Kier molecular flexibility index (Phi) is 119. The molecule has 0 spiro atoms. The molecule has 0 fully saturated rings. The zero-order valence-corrected chi connectivity index (χ0v) is 13.9. The average molecular weight is 371 g/mol. The molecule has 0 aliphatic rings. The smallest absolute Gasteiger partial charge is 2.00 e. The van der Waals surface area contributed by atoms with E-state index in [0.29, 0.717) is 0 Å². The Morgan fingerprint density at radius 1 is 1.40 bits per heavy atom. The molecule has 5 heteroatoms. The van der Waals surface area contributed by atoms with E-state index < -0.39 is 0 Å². The molecule has 25 valence electrons. The average Bonchev–Trinajstić information content (AvgIpc) is 1.00. The van der Waals surface area contributed by atoms with Crippen LogP contribution < -0.4 is 0 Å². The monoisotopic (exact) mass is 371 g/mol. The molecular weight excluding hydrogens is 368 g/mol. The fourth-order valence-corrected chi connectivity index (χ4v) is 0. The van der Waals surface area contributed by atoms with E-state index in [1.165, 1.54) is 0 Å². The van der Waals surface area contributed by atoms with Crippen molar-refractivity contribution >= 4 is 64.0 Å². The van der Waals surface area contributed by atoms with Gasteiger partial charge in [0.25, 0.3) is 0 Å². The summed E-state index contributed by atoms with van der Waals surface area (Å²) in [7, 11) is 0. The molecule has 0 aliphatic heterocycles. The molecule has 0 saturated heterocycles. The summed E-state index contributed by atoms with van der Waals surface area (Å²) in [6, 6.07) is 0. The van der Waals surface area contributed by atoms with Gasteiger partial charge in [0.15, 0.2) is 0 Å². The minimum absolute atomic E-state index is 0. The van der Waals surface area contributed by atoms with Gasteiger partial charge in [-0.25, -0.2) is 0 Å². The van der Waals surface area contributed by atoms with E-state index >= 15 is 0 Å². The maximum Gasteiger partial charge on any atom is 2.00 e. The van der Waals surface area contributed by atoms with Gasteiger partial charge in [0.1, 0.15) is 0 Å². The third kappa shape index (κ3) is 18.4. The summed E-state index contributed by atoms with van der Waals surface area (Å²) in [5.41, 5.74) is 0. The van der Waals surface area contributed by atoms with Crippen LogP contribution in [0.4, 0.5) is 0 Å². The van der Waals surface area contributed by atoms with Gasteiger partial charge in [-0.05, 0) is 0 Å². The maximum atomic E-state index is 8.38. The van der Waals surface area contributed by atoms with Crippen molar-refractivity contribution in [2.45, 2.75) is 0 Å². The van der Waals surface area contributed by atoms with Gasteiger partial charge in [0.2, 0.25) is 0 Å². The van der Waals surface area contributed by atoms with Crippen LogP contribution >= 0.6 is 0 Å². The van der Waals surface area contributed by atoms with E-state index in [-0.39, 0.29) is 120 Å². The second kappa shape index (κ2) is 25.4. The van der Waals surface area contributed by atoms with Gasteiger partial charge < -0.3 is 2.85 Å². The molecular formula is H3FeGaLaOSr. The van der Waals surface area contributed by atoms with Gasteiger partial charge >= 0.3 is 67.6 Å². The zero-order valence-electron chi connectivity index (χ0n) is 4.75. The van der Waals surface area contributed by atoms with Gasteiger partial charge in [-0.1, -0.05) is 0 Å². The van der Waals surface area contributed by atoms with Gasteiger partial charge in [0.05, 0.1) is 0 Å². The van der Waals surface area contributed by atoms with Crippen LogP contribution in [-0.4, -0.2) is 64.0 Å². The van der Waals surface area contributed by atoms with E-state index in [9.17, 15) is 0 Å². The van der Waals surface area contributed by atoms with Crippen LogP contribution in [0.25, 0.3) is 0 Å². The van der Waals surface area contributed by atoms with Crippen molar-refractivity contribution in [3.8, 4) is 0 Å². The van der Waals surface area contributed by atoms with Crippen molar-refractivity contribution in [1.82, 2.24) is 0 Å². The Hall–Kier alpha value is 3.63. The Labute approximate surface area is 120 Å². The third-order valence-electron chi connectivity index (χ3n) is 0. The minimum Gasteiger partial charge on any atom is 2.00 e. The zero-order chi connectivity index (χ0) is 2.00. The van der Waals surface area contributed by atoms with Crippen LogP contribution in [0.5, 0.6) is 0 Å². The normalized spacial score (nSPS) is 0.600. The molecule has 1 radical (unpaired) electrons. The van der Waals surface area contributed by atoms with Crippen LogP contribution in [-0.2, 0) is 20.6 Å². The van der Waals surface area contributed by atoms with Crippen LogP contribution in [0.1, 0.15) is 2.85 Å². The molecule has 0 aromatic rings. The molecule has 0 aromatic carbocycles. The van der Waals surface area contributed by atoms with Crippen molar-refractivity contribution in [3.05, 3.63) is 0 Å². The molecule has 0 aliphatic carbocycles. The standard InChI is InChI=1S/Fe.Ga.La.O.Sr.3H/q;;;;+2;;2*-1. The Morgan fingerprint density at radius 3 is 1.40 bits per heavy atom. The van der Waals surface area contributed by atoms with Gasteiger partial charge in [-0.15, -0.1) is 0 Å². The van der Waals surface area contributed by atoms with Crippen LogP contribution in [0.2, 0.25) is 0 Å². The van der Waals surface area contributed by atoms with E-state index in [1.807, 2.05) is 0 Å². The fourth-order valence-electron chi connectivity index (χ4n) is 0. The summed E-state index contributed by atoms with van der Waals surface area (Å²) >= 11 is 0.125. The summed E-state index contributed by atoms with van der Waals surface area (Å²) < 4.78 is 8.38. The molecule has 5 heavy (non-hydrogen) atoms. The van der Waals surface area contributed by atoms with Crippen LogP contribution in [0.3, 0.4) is 0 Å². The SMILES string of the molecule is [Fe].[H-].[H-].[La].[O]=[GaH].[Sr+2]. The number of hydrogen-bond acceptors (Lipinski definition) is 1. The topological polar surface area (TPSA) is 17.1 Å². The molecule has 1 nitrogen and oxygen atoms in total. The van der Waals surface area contributed by atoms with Gasteiger partial charge in [0, 0.05) is 52.7 Å². The predicted octanol–water partition coefficient (Wildman–Crippen LogP) is -0.926. The molecule has 0 aromatic heterocycles. The second-order valence-corrected chi connectivity index (χ2v) is 0. The number of rotatable bonds is 0. The van der Waals surface area contributed by atoms with Crippen molar-refractivity contribution in [1.29, 1.82) is 0 Å². The van der Waals surface area contributed by atoms with E-state index in [2.05, 4.69) is 0 Å². The fraction of sp³-hybridized carbons (Fsp3) is 0. The third-order valence-corrected chi connectivity index (χ3v) is 0. The molecule has 0 bridgehead atoms. The molecule has 0 N–H and O–H groups in total. The van der Waals surface area contributed by atoms with Crippen LogP contribution in [0.15, 0.2) is 0 Å². The minimum atomic E-state index is 0. The molecule has 0 amide bonds. The van der Waals surface area contributed by atoms with E-state index in [4.69, 9.17) is 3.54 Å². The Balaban J connectivity index is -0.000000000500. The van der Waals surface area contributed by atoms with E-state index in [0.717, 1.165) is 0 Å². The van der Waals surface area contributed by atoms with Crippen molar-refractivity contribution in [2.75, 3.05) is 0 Å². The second-order valence-electron chi connectivity index (χ2n) is 0. The first-order valence-electron chi connectivity index (χ1n) is 0.289. The quantitative estimate of drug-likeness (QED) is 0.504. The first kappa shape index (κ1) is 23.4. The molecule has 0 rings (SSSR count). The van der Waals surface area contributed by atoms with Gasteiger partial charge in [-0.2, -0.15) is 0 Å². The van der Waals surface area contributed by atoms with Crippen LogP contribution in [0, 0.1) is 35.6 Å². The first-order valence-corrected chi connectivity index (χ1v) is 1.50. The van der Waals surface area contributed by atoms with Crippen molar-refractivity contribution in [3.63, 3.8) is 0 Å². The molecule has 0 heterocycles. The summed E-state index contributed by atoms with van der Waals surface area (Å²) in [5, 5.41) is 0. The summed E-state index contributed by atoms with van der Waals surface area (Å²) in [6.45, 7) is 0. The largest absolute Gasteiger partial charge is 2.00 e. The van der Waals surface area contributed by atoms with Crippen molar-refractivity contribution in [2.24, 2.45) is 0 Å². The summed E-state index contributed by atoms with van der Waals surface area (Å²) in [4.78, 5) is 0. The maximum absolute atomic E-state index is 8.38. The Bertz CT molecular complexity index is 17.7. The molecule has 0 atom stereocenters. The summed E-state index contributed by atoms with van der Waals surface area (Å²) in [6.07, 6.45) is 0. The van der Waals surface area contributed by atoms with Crippen molar-refractivity contribution < 1.29 is 59.1 Å². The molecule has 0 saturated carbocycles. The Morgan fingerprint density at radius 2 is 1.40 bits per heavy atom. The first-order chi connectivity index (χ1) is 1.00. The predicted molar refractivity (Wildman–Crippen MR) is 15.8 cm³/mol. The van der Waals surface area contributed by atoms with E-state index in [1.54, 1.807) is 0 Å². The van der Waals surface area contributed by atoms with Gasteiger partial charge in [-0.3, -0.25) is 0 Å². The molecule has 0 unspecified atom stereocenters. The summed E-state index contributed by atoms with van der Waals surface area (Å²) in [5.74, 6) is 0. The number of hydrogen-bond donors (Lipinski definition) is 0.